The minimum absolute atomic E-state index is 0.0628. The van der Waals surface area contributed by atoms with Gasteiger partial charge in [0.15, 0.2) is 0 Å². The van der Waals surface area contributed by atoms with Gasteiger partial charge in [0, 0.05) is 24.8 Å². The minimum Gasteiger partial charge on any atom is -0.396 e. The molecule has 0 aliphatic carbocycles. The topological polar surface area (TPSA) is 49.3 Å². The molecule has 1 amide bonds. The summed E-state index contributed by atoms with van der Waals surface area (Å²) in [5.41, 5.74) is -0.235. The van der Waals surface area contributed by atoms with Crippen LogP contribution in [-0.4, -0.2) is 24.2 Å². The van der Waals surface area contributed by atoms with Gasteiger partial charge >= 0.3 is 0 Å². The summed E-state index contributed by atoms with van der Waals surface area (Å²) in [7, 11) is 0. The molecule has 1 rings (SSSR count). The summed E-state index contributed by atoms with van der Waals surface area (Å²) >= 11 is 0. The van der Waals surface area contributed by atoms with Crippen LogP contribution in [0.5, 0.6) is 0 Å². The van der Waals surface area contributed by atoms with Crippen LogP contribution >= 0.6 is 0 Å². The van der Waals surface area contributed by atoms with E-state index in [4.69, 9.17) is 5.11 Å². The van der Waals surface area contributed by atoms with Crippen molar-refractivity contribution in [3.8, 4) is 0 Å². The Labute approximate surface area is 110 Å². The van der Waals surface area contributed by atoms with Crippen LogP contribution in [0.1, 0.15) is 18.9 Å². The number of benzene rings is 1. The highest BCUT2D eigenvalue weighted by atomic mass is 19.1. The SMILES string of the molecule is CC(CCO)CNC(=O)/C=C/c1c(F)cccc1F. The summed E-state index contributed by atoms with van der Waals surface area (Å²) in [4.78, 5) is 11.4. The third kappa shape index (κ3) is 5.18. The lowest BCUT2D eigenvalue weighted by atomic mass is 10.1. The summed E-state index contributed by atoms with van der Waals surface area (Å²) in [5.74, 6) is -1.70. The van der Waals surface area contributed by atoms with E-state index < -0.39 is 17.5 Å². The number of nitrogens with one attached hydrogen (secondary N) is 1. The maximum absolute atomic E-state index is 13.3. The Balaban J connectivity index is 2.54. The molecule has 0 aliphatic rings. The predicted molar refractivity (Wildman–Crippen MR) is 69.3 cm³/mol. The van der Waals surface area contributed by atoms with E-state index >= 15 is 0 Å². The highest BCUT2D eigenvalue weighted by Crippen LogP contribution is 2.13. The van der Waals surface area contributed by atoms with Gasteiger partial charge in [0.2, 0.25) is 5.91 Å². The average Bonchev–Trinajstić information content (AvgIpc) is 2.36. The number of hydrogen-bond donors (Lipinski definition) is 2. The molecule has 0 spiro atoms. The van der Waals surface area contributed by atoms with Crippen LogP contribution in [-0.2, 0) is 4.79 Å². The van der Waals surface area contributed by atoms with Crippen LogP contribution in [0.4, 0.5) is 8.78 Å². The quantitative estimate of drug-likeness (QED) is 0.777. The van der Waals surface area contributed by atoms with Gasteiger partial charge in [0.05, 0.1) is 0 Å². The second-order valence-electron chi connectivity index (χ2n) is 4.33. The zero-order valence-electron chi connectivity index (χ0n) is 10.7. The lowest BCUT2D eigenvalue weighted by Gasteiger charge is -2.09. The standard InChI is InChI=1S/C14H17F2NO2/c1-10(7-8-18)9-17-14(19)6-5-11-12(15)3-2-4-13(11)16/h2-6,10,18H,7-9H2,1H3,(H,17,19)/b6-5+. The lowest BCUT2D eigenvalue weighted by molar-refractivity contribution is -0.116. The zero-order valence-corrected chi connectivity index (χ0v) is 10.7. The van der Waals surface area contributed by atoms with E-state index in [1.807, 2.05) is 6.92 Å². The molecule has 1 atom stereocenters. The number of carbonyl (C=O) groups excluding carboxylic acids is 1. The molecule has 0 saturated carbocycles. The van der Waals surface area contributed by atoms with Crippen LogP contribution in [0.25, 0.3) is 6.08 Å². The van der Waals surface area contributed by atoms with Crippen LogP contribution in [0, 0.1) is 17.6 Å². The molecule has 5 heteroatoms. The van der Waals surface area contributed by atoms with Crippen molar-refractivity contribution in [2.24, 2.45) is 5.92 Å². The van der Waals surface area contributed by atoms with Gasteiger partial charge in [-0.05, 0) is 30.5 Å². The lowest BCUT2D eigenvalue weighted by Crippen LogP contribution is -2.26. The first kappa shape index (κ1) is 15.3. The van der Waals surface area contributed by atoms with E-state index in [2.05, 4.69) is 5.32 Å². The van der Waals surface area contributed by atoms with Gasteiger partial charge in [-0.2, -0.15) is 0 Å². The summed E-state index contributed by atoms with van der Waals surface area (Å²) in [6, 6.07) is 3.52. The largest absolute Gasteiger partial charge is 0.396 e. The summed E-state index contributed by atoms with van der Waals surface area (Å²) in [5, 5.41) is 11.3. The Kier molecular flexibility index (Phi) is 6.15. The van der Waals surface area contributed by atoms with Crippen LogP contribution < -0.4 is 5.32 Å². The van der Waals surface area contributed by atoms with E-state index in [0.717, 1.165) is 24.3 Å². The molecule has 0 aliphatic heterocycles. The molecule has 0 heterocycles. The molecule has 104 valence electrons. The van der Waals surface area contributed by atoms with E-state index in [0.29, 0.717) is 13.0 Å². The van der Waals surface area contributed by atoms with Gasteiger partial charge in [-0.3, -0.25) is 4.79 Å². The first-order chi connectivity index (χ1) is 9.04. The fraction of sp³-hybridized carbons (Fsp3) is 0.357. The smallest absolute Gasteiger partial charge is 0.244 e. The van der Waals surface area contributed by atoms with Crippen molar-refractivity contribution in [3.05, 3.63) is 41.5 Å². The number of carbonyl (C=O) groups is 1. The van der Waals surface area contributed by atoms with Crippen molar-refractivity contribution in [2.75, 3.05) is 13.2 Å². The number of aliphatic hydroxyl groups excluding tert-OH is 1. The van der Waals surface area contributed by atoms with Crippen molar-refractivity contribution in [3.63, 3.8) is 0 Å². The molecule has 0 saturated heterocycles. The van der Waals surface area contributed by atoms with Crippen molar-refractivity contribution in [2.45, 2.75) is 13.3 Å². The molecule has 3 nitrogen and oxygen atoms in total. The molecule has 1 unspecified atom stereocenters. The fourth-order valence-electron chi connectivity index (χ4n) is 1.49. The van der Waals surface area contributed by atoms with Gasteiger partial charge in [0.25, 0.3) is 0 Å². The van der Waals surface area contributed by atoms with Gasteiger partial charge in [-0.25, -0.2) is 8.78 Å². The first-order valence-electron chi connectivity index (χ1n) is 6.05. The van der Waals surface area contributed by atoms with E-state index in [-0.39, 0.29) is 18.1 Å². The second-order valence-corrected chi connectivity index (χ2v) is 4.33. The summed E-state index contributed by atoms with van der Waals surface area (Å²) in [6.45, 7) is 2.35. The van der Waals surface area contributed by atoms with Gasteiger partial charge in [0.1, 0.15) is 11.6 Å². The predicted octanol–water partition coefficient (Wildman–Crippen LogP) is 2.11. The molecule has 1 aromatic rings. The number of rotatable bonds is 6. The van der Waals surface area contributed by atoms with Crippen LogP contribution in [0.2, 0.25) is 0 Å². The van der Waals surface area contributed by atoms with Crippen LogP contribution in [0.3, 0.4) is 0 Å². The third-order valence-corrected chi connectivity index (χ3v) is 2.65. The van der Waals surface area contributed by atoms with Crippen LogP contribution in [0.15, 0.2) is 24.3 Å². The Bertz CT molecular complexity index is 441. The van der Waals surface area contributed by atoms with Crippen molar-refractivity contribution >= 4 is 12.0 Å². The first-order valence-corrected chi connectivity index (χ1v) is 6.05. The molecule has 19 heavy (non-hydrogen) atoms. The maximum atomic E-state index is 13.3. The Morgan fingerprint density at radius 3 is 2.63 bits per heavy atom. The van der Waals surface area contributed by atoms with Gasteiger partial charge in [-0.15, -0.1) is 0 Å². The highest BCUT2D eigenvalue weighted by molar-refractivity contribution is 5.91. The van der Waals surface area contributed by atoms with Gasteiger partial charge in [-0.1, -0.05) is 13.0 Å². The Morgan fingerprint density at radius 2 is 2.05 bits per heavy atom. The highest BCUT2D eigenvalue weighted by Gasteiger charge is 2.06. The van der Waals surface area contributed by atoms with Crippen molar-refractivity contribution < 1.29 is 18.7 Å². The van der Waals surface area contributed by atoms with Gasteiger partial charge < -0.3 is 10.4 Å². The third-order valence-electron chi connectivity index (χ3n) is 2.65. The normalized spacial score (nSPS) is 12.6. The Hall–Kier alpha value is -1.75. The number of halogens is 2. The number of aliphatic hydroxyl groups is 1. The average molecular weight is 269 g/mol. The summed E-state index contributed by atoms with van der Waals surface area (Å²) in [6.07, 6.45) is 2.79. The monoisotopic (exact) mass is 269 g/mol. The molecule has 0 bridgehead atoms. The van der Waals surface area contributed by atoms with Crippen molar-refractivity contribution in [1.29, 1.82) is 0 Å². The maximum Gasteiger partial charge on any atom is 0.244 e. The van der Waals surface area contributed by atoms with E-state index in [1.54, 1.807) is 0 Å². The minimum atomic E-state index is -0.710. The number of hydrogen-bond acceptors (Lipinski definition) is 2. The Morgan fingerprint density at radius 1 is 1.42 bits per heavy atom. The number of amides is 1. The molecule has 0 aromatic heterocycles. The molecule has 0 radical (unpaired) electrons. The van der Waals surface area contributed by atoms with Crippen molar-refractivity contribution in [1.82, 2.24) is 5.32 Å². The molecular weight excluding hydrogens is 252 g/mol. The van der Waals surface area contributed by atoms with E-state index in [1.165, 1.54) is 6.07 Å². The second kappa shape index (κ2) is 7.63. The molecule has 1 aromatic carbocycles. The summed E-state index contributed by atoms with van der Waals surface area (Å²) < 4.78 is 26.5. The molecule has 0 fully saturated rings. The van der Waals surface area contributed by atoms with E-state index in [9.17, 15) is 13.6 Å². The fourth-order valence-corrected chi connectivity index (χ4v) is 1.49. The zero-order chi connectivity index (χ0) is 14.3. The molecular formula is C14H17F2NO2. The molecule has 2 N–H and O–H groups in total.